The first kappa shape index (κ1) is 15.9. The van der Waals surface area contributed by atoms with Crippen LogP contribution in [0, 0.1) is 5.82 Å². The minimum atomic E-state index is -2.18. The van der Waals surface area contributed by atoms with Crippen molar-refractivity contribution in [1.29, 1.82) is 0 Å². The topological polar surface area (TPSA) is 102 Å². The van der Waals surface area contributed by atoms with Crippen molar-refractivity contribution in [2.45, 2.75) is 18.6 Å². The number of tetrazole rings is 1. The Morgan fingerprint density at radius 3 is 2.58 bits per heavy atom. The van der Waals surface area contributed by atoms with E-state index < -0.39 is 24.4 Å². The molecule has 3 heterocycles. The van der Waals surface area contributed by atoms with Gasteiger partial charge in [0.15, 0.2) is 12.0 Å². The molecule has 11 heteroatoms. The van der Waals surface area contributed by atoms with Gasteiger partial charge in [-0.25, -0.2) is 23.1 Å². The fraction of sp³-hybridized carbons (Fsp3) is 0.231. The van der Waals surface area contributed by atoms with Crippen molar-refractivity contribution in [2.24, 2.45) is 0 Å². The van der Waals surface area contributed by atoms with E-state index in [1.54, 1.807) is 0 Å². The Labute approximate surface area is 133 Å². The Morgan fingerprint density at radius 2 is 1.96 bits per heavy atom. The molecule has 0 saturated heterocycles. The lowest BCUT2D eigenvalue weighted by atomic mass is 10.1. The molecule has 0 fully saturated rings. The summed E-state index contributed by atoms with van der Waals surface area (Å²) >= 11 is 0. The maximum Gasteiger partial charge on any atom is 0.224 e. The summed E-state index contributed by atoms with van der Waals surface area (Å²) in [5.74, 6) is -0.661. The third kappa shape index (κ3) is 3.06. The van der Waals surface area contributed by atoms with Gasteiger partial charge in [-0.1, -0.05) is 0 Å². The van der Waals surface area contributed by atoms with Gasteiger partial charge in [-0.05, 0) is 22.6 Å². The largest absolute Gasteiger partial charge is 0.385 e. The Hall–Kier alpha value is -2.95. The average molecular weight is 337 g/mol. The number of rotatable bonds is 5. The van der Waals surface area contributed by atoms with Crippen molar-refractivity contribution < 1.29 is 18.3 Å². The average Bonchev–Trinajstić information content (AvgIpc) is 3.15. The summed E-state index contributed by atoms with van der Waals surface area (Å²) < 4.78 is 42.4. The summed E-state index contributed by atoms with van der Waals surface area (Å²) in [6.07, 6.45) is -2.16. The van der Waals surface area contributed by atoms with Crippen LogP contribution in [0.15, 0.2) is 37.2 Å². The number of hydrogen-bond donors (Lipinski definition) is 1. The van der Waals surface area contributed by atoms with Gasteiger partial charge in [-0.2, -0.15) is 4.68 Å². The van der Waals surface area contributed by atoms with Crippen molar-refractivity contribution in [3.8, 4) is 11.3 Å². The molecule has 0 saturated carbocycles. The Balaban J connectivity index is 1.79. The molecule has 1 N–H and O–H groups in total. The molecule has 0 amide bonds. The van der Waals surface area contributed by atoms with Gasteiger partial charge in [0, 0.05) is 11.8 Å². The van der Waals surface area contributed by atoms with E-state index in [9.17, 15) is 18.3 Å². The lowest BCUT2D eigenvalue weighted by Gasteiger charge is -2.18. The number of aliphatic hydroxyl groups is 1. The van der Waals surface area contributed by atoms with E-state index in [1.807, 2.05) is 0 Å². The fourth-order valence-corrected chi connectivity index (χ4v) is 1.99. The Bertz CT molecular complexity index is 800. The number of hydrogen-bond acceptors (Lipinski definition) is 7. The molecule has 24 heavy (non-hydrogen) atoms. The molecular weight excluding hydrogens is 327 g/mol. The van der Waals surface area contributed by atoms with Crippen LogP contribution in [0.4, 0.5) is 13.2 Å². The molecule has 3 aromatic heterocycles. The van der Waals surface area contributed by atoms with Gasteiger partial charge in [0.2, 0.25) is 6.30 Å². The predicted octanol–water partition coefficient (Wildman–Crippen LogP) is 1.20. The summed E-state index contributed by atoms with van der Waals surface area (Å²) in [4.78, 5) is 11.1. The normalized spacial score (nSPS) is 15.0. The lowest BCUT2D eigenvalue weighted by Crippen LogP contribution is -2.26. The fourth-order valence-electron chi connectivity index (χ4n) is 1.99. The van der Waals surface area contributed by atoms with Gasteiger partial charge in [-0.15, -0.1) is 5.10 Å². The van der Waals surface area contributed by atoms with Gasteiger partial charge < -0.3 is 5.11 Å². The second-order valence-electron chi connectivity index (χ2n) is 4.75. The van der Waals surface area contributed by atoms with Crippen molar-refractivity contribution in [3.63, 3.8) is 0 Å². The molecule has 3 rings (SSSR count). The smallest absolute Gasteiger partial charge is 0.224 e. The van der Waals surface area contributed by atoms with Crippen LogP contribution in [0.3, 0.4) is 0 Å². The highest BCUT2D eigenvalue weighted by Gasteiger charge is 2.32. The number of aromatic nitrogens is 7. The Morgan fingerprint density at radius 1 is 1.12 bits per heavy atom. The van der Waals surface area contributed by atoms with Crippen molar-refractivity contribution in [2.75, 3.05) is 0 Å². The van der Waals surface area contributed by atoms with E-state index in [2.05, 4.69) is 30.5 Å². The SMILES string of the molecule is OC(C(F)c1ccc(-c2ncncc2F)cn1)C(F)n1cnnn1. The van der Waals surface area contributed by atoms with E-state index >= 15 is 0 Å². The highest BCUT2D eigenvalue weighted by Crippen LogP contribution is 2.28. The molecule has 3 aromatic rings. The zero-order valence-corrected chi connectivity index (χ0v) is 11.9. The number of halogens is 3. The third-order valence-corrected chi connectivity index (χ3v) is 3.21. The van der Waals surface area contributed by atoms with Crippen LogP contribution >= 0.6 is 0 Å². The van der Waals surface area contributed by atoms with Crippen molar-refractivity contribution in [1.82, 2.24) is 35.2 Å². The van der Waals surface area contributed by atoms with Crippen LogP contribution in [-0.4, -0.2) is 46.4 Å². The van der Waals surface area contributed by atoms with Crippen molar-refractivity contribution >= 4 is 0 Å². The van der Waals surface area contributed by atoms with E-state index in [0.29, 0.717) is 4.68 Å². The molecule has 3 atom stereocenters. The molecule has 0 aliphatic carbocycles. The van der Waals surface area contributed by atoms with Gasteiger partial charge in [0.1, 0.15) is 24.5 Å². The first-order valence-electron chi connectivity index (χ1n) is 6.68. The van der Waals surface area contributed by atoms with E-state index in [4.69, 9.17) is 0 Å². The molecule has 0 aliphatic rings. The molecule has 0 spiro atoms. The Kier molecular flexibility index (Phi) is 4.42. The quantitative estimate of drug-likeness (QED) is 0.746. The van der Waals surface area contributed by atoms with Crippen LogP contribution in [0.1, 0.15) is 18.2 Å². The van der Waals surface area contributed by atoms with Gasteiger partial charge in [-0.3, -0.25) is 4.98 Å². The van der Waals surface area contributed by atoms with Crippen molar-refractivity contribution in [3.05, 3.63) is 48.7 Å². The lowest BCUT2D eigenvalue weighted by molar-refractivity contribution is -0.0294. The van der Waals surface area contributed by atoms with E-state index in [0.717, 1.165) is 18.9 Å². The predicted molar refractivity (Wildman–Crippen MR) is 73.0 cm³/mol. The van der Waals surface area contributed by atoms with E-state index in [-0.39, 0.29) is 17.0 Å². The second kappa shape index (κ2) is 6.66. The zero-order chi connectivity index (χ0) is 17.1. The number of alkyl halides is 2. The van der Waals surface area contributed by atoms with Gasteiger partial charge in [0.25, 0.3) is 0 Å². The van der Waals surface area contributed by atoms with Crippen LogP contribution in [0.2, 0.25) is 0 Å². The molecular formula is C13H10F3N7O. The minimum Gasteiger partial charge on any atom is -0.385 e. The second-order valence-corrected chi connectivity index (χ2v) is 4.75. The highest BCUT2D eigenvalue weighted by molar-refractivity contribution is 5.57. The monoisotopic (exact) mass is 337 g/mol. The molecule has 124 valence electrons. The standard InChI is InChI=1S/C13H10F3N7O/c14-8-4-17-5-19-11(8)7-1-2-9(18-3-7)10(15)12(24)13(16)23-6-20-21-22-23/h1-6,10,12-13,24H. The number of aliphatic hydroxyl groups excluding tert-OH is 1. The first-order valence-corrected chi connectivity index (χ1v) is 6.68. The van der Waals surface area contributed by atoms with Crippen LogP contribution in [-0.2, 0) is 0 Å². The van der Waals surface area contributed by atoms with Gasteiger partial charge in [0.05, 0.1) is 11.9 Å². The van der Waals surface area contributed by atoms with Crippen LogP contribution in [0.25, 0.3) is 11.3 Å². The maximum absolute atomic E-state index is 14.3. The minimum absolute atomic E-state index is 0.00272. The molecule has 3 unspecified atom stereocenters. The first-order chi connectivity index (χ1) is 11.6. The van der Waals surface area contributed by atoms with Gasteiger partial charge >= 0.3 is 0 Å². The highest BCUT2D eigenvalue weighted by atomic mass is 19.2. The third-order valence-electron chi connectivity index (χ3n) is 3.21. The van der Waals surface area contributed by atoms with Crippen LogP contribution in [0.5, 0.6) is 0 Å². The summed E-state index contributed by atoms with van der Waals surface area (Å²) in [6, 6.07) is 2.56. The summed E-state index contributed by atoms with van der Waals surface area (Å²) in [5, 5.41) is 19.4. The summed E-state index contributed by atoms with van der Waals surface area (Å²) in [7, 11) is 0. The number of pyridine rings is 1. The summed E-state index contributed by atoms with van der Waals surface area (Å²) in [6.45, 7) is 0. The zero-order valence-electron chi connectivity index (χ0n) is 11.9. The number of nitrogens with zero attached hydrogens (tertiary/aromatic N) is 7. The van der Waals surface area contributed by atoms with E-state index in [1.165, 1.54) is 18.3 Å². The molecule has 0 bridgehead atoms. The molecule has 0 aliphatic heterocycles. The summed E-state index contributed by atoms with van der Waals surface area (Å²) in [5.41, 5.74) is 0.0612. The van der Waals surface area contributed by atoms with Crippen LogP contribution < -0.4 is 0 Å². The molecule has 8 nitrogen and oxygen atoms in total. The molecule has 0 radical (unpaired) electrons. The molecule has 0 aromatic carbocycles. The maximum atomic E-state index is 14.3.